The van der Waals surface area contributed by atoms with Gasteiger partial charge in [0.1, 0.15) is 5.75 Å². The average molecular weight is 452 g/mol. The van der Waals surface area contributed by atoms with E-state index in [1.165, 1.54) is 32.6 Å². The highest BCUT2D eigenvalue weighted by Gasteiger charge is 2.24. The third kappa shape index (κ3) is 5.44. The molecule has 2 N–H and O–H groups in total. The maximum atomic E-state index is 12.7. The summed E-state index contributed by atoms with van der Waals surface area (Å²) in [7, 11) is -2.36. The van der Waals surface area contributed by atoms with E-state index < -0.39 is 22.0 Å². The lowest BCUT2D eigenvalue weighted by atomic mass is 10.1. The van der Waals surface area contributed by atoms with Crippen molar-refractivity contribution in [1.29, 1.82) is 0 Å². The van der Waals surface area contributed by atoms with Gasteiger partial charge < -0.3 is 15.0 Å². The van der Waals surface area contributed by atoms with E-state index >= 15 is 0 Å². The summed E-state index contributed by atoms with van der Waals surface area (Å²) in [6, 6.07) is 10.3. The Kier molecular flexibility index (Phi) is 7.23. The zero-order valence-electron chi connectivity index (χ0n) is 17.0. The van der Waals surface area contributed by atoms with Crippen LogP contribution in [0.4, 0.5) is 11.4 Å². The van der Waals surface area contributed by atoms with Crippen molar-refractivity contribution in [2.24, 2.45) is 0 Å². The number of nitrogens with zero attached hydrogens (tertiary/aromatic N) is 1. The largest absolute Gasteiger partial charge is 0.497 e. The van der Waals surface area contributed by atoms with Crippen LogP contribution in [0.25, 0.3) is 0 Å². The minimum absolute atomic E-state index is 0.0553. The number of carbonyl (C=O) groups is 1. The Balaban J connectivity index is 1.73. The third-order valence-corrected chi connectivity index (χ3v) is 6.80. The predicted molar refractivity (Wildman–Crippen MR) is 119 cm³/mol. The van der Waals surface area contributed by atoms with Crippen LogP contribution in [0.2, 0.25) is 5.02 Å². The van der Waals surface area contributed by atoms with Gasteiger partial charge in [0.05, 0.1) is 29.4 Å². The number of methoxy groups -OCH3 is 1. The molecule has 2 aromatic rings. The van der Waals surface area contributed by atoms with E-state index in [2.05, 4.69) is 14.9 Å². The molecule has 1 fully saturated rings. The molecule has 1 aliphatic rings. The van der Waals surface area contributed by atoms with Crippen molar-refractivity contribution in [1.82, 2.24) is 4.72 Å². The predicted octanol–water partition coefficient (Wildman–Crippen LogP) is 3.64. The van der Waals surface area contributed by atoms with Crippen LogP contribution in [0.15, 0.2) is 47.4 Å². The number of sulfonamides is 1. The van der Waals surface area contributed by atoms with Crippen molar-refractivity contribution in [2.45, 2.75) is 37.1 Å². The fraction of sp³-hybridized carbons (Fsp3) is 0.381. The lowest BCUT2D eigenvalue weighted by molar-refractivity contribution is -0.117. The standard InChI is InChI=1S/C21H26ClN3O4S/c1-15(24-30(27,28)18-9-7-17(29-2)8-10-18)21(26)23-19-14-16(22)6-11-20(19)25-12-4-3-5-13-25/h6-11,14-15,24H,3-5,12-13H2,1-2H3,(H,23,26). The van der Waals surface area contributed by atoms with Crippen molar-refractivity contribution in [3.05, 3.63) is 47.5 Å². The van der Waals surface area contributed by atoms with E-state index in [9.17, 15) is 13.2 Å². The number of anilines is 2. The Labute approximate surface area is 182 Å². The van der Waals surface area contributed by atoms with E-state index in [1.807, 2.05) is 6.07 Å². The fourth-order valence-electron chi connectivity index (χ4n) is 3.37. The van der Waals surface area contributed by atoms with Gasteiger partial charge in [0, 0.05) is 18.1 Å². The summed E-state index contributed by atoms with van der Waals surface area (Å²) >= 11 is 6.14. The van der Waals surface area contributed by atoms with Crippen molar-refractivity contribution in [3.63, 3.8) is 0 Å². The van der Waals surface area contributed by atoms with E-state index in [0.717, 1.165) is 31.6 Å². The van der Waals surface area contributed by atoms with Crippen molar-refractivity contribution >= 4 is 38.9 Å². The molecule has 0 aromatic heterocycles. The molecule has 1 amide bonds. The van der Waals surface area contributed by atoms with Crippen LogP contribution < -0.4 is 19.7 Å². The van der Waals surface area contributed by atoms with Crippen LogP contribution in [0, 0.1) is 0 Å². The van der Waals surface area contributed by atoms with E-state index in [1.54, 1.807) is 24.3 Å². The molecule has 30 heavy (non-hydrogen) atoms. The summed E-state index contributed by atoms with van der Waals surface area (Å²) in [4.78, 5) is 15.0. The van der Waals surface area contributed by atoms with E-state index in [0.29, 0.717) is 16.5 Å². The normalized spacial score (nSPS) is 15.5. The number of carbonyl (C=O) groups excluding carboxylic acids is 1. The molecule has 1 saturated heterocycles. The zero-order valence-corrected chi connectivity index (χ0v) is 18.6. The topological polar surface area (TPSA) is 87.7 Å². The quantitative estimate of drug-likeness (QED) is 0.671. The van der Waals surface area contributed by atoms with Crippen molar-refractivity contribution in [2.75, 3.05) is 30.4 Å². The molecule has 9 heteroatoms. The number of rotatable bonds is 7. The van der Waals surface area contributed by atoms with Gasteiger partial charge in [0.25, 0.3) is 0 Å². The van der Waals surface area contributed by atoms with Crippen LogP contribution in [0.5, 0.6) is 5.75 Å². The Morgan fingerprint density at radius 3 is 2.40 bits per heavy atom. The molecule has 0 saturated carbocycles. The summed E-state index contributed by atoms with van der Waals surface area (Å²) in [6.45, 7) is 3.32. The highest BCUT2D eigenvalue weighted by Crippen LogP contribution is 2.31. The molecule has 0 aliphatic carbocycles. The number of halogens is 1. The first-order valence-corrected chi connectivity index (χ1v) is 11.7. The van der Waals surface area contributed by atoms with Crippen LogP contribution in [0.3, 0.4) is 0 Å². The number of nitrogens with one attached hydrogen (secondary N) is 2. The van der Waals surface area contributed by atoms with Gasteiger partial charge in [-0.1, -0.05) is 11.6 Å². The first-order valence-electron chi connectivity index (χ1n) is 9.82. The number of amides is 1. The summed E-state index contributed by atoms with van der Waals surface area (Å²) in [5.41, 5.74) is 1.46. The van der Waals surface area contributed by atoms with Gasteiger partial charge in [-0.3, -0.25) is 4.79 Å². The number of hydrogen-bond donors (Lipinski definition) is 2. The molecular weight excluding hydrogens is 426 g/mol. The van der Waals surface area contributed by atoms with Gasteiger partial charge in [-0.05, 0) is 68.7 Å². The van der Waals surface area contributed by atoms with Crippen LogP contribution in [0.1, 0.15) is 26.2 Å². The molecule has 162 valence electrons. The molecule has 1 atom stereocenters. The van der Waals surface area contributed by atoms with Gasteiger partial charge in [-0.25, -0.2) is 8.42 Å². The highest BCUT2D eigenvalue weighted by atomic mass is 35.5. The average Bonchev–Trinajstić information content (AvgIpc) is 2.74. The lowest BCUT2D eigenvalue weighted by Crippen LogP contribution is -2.41. The Morgan fingerprint density at radius 1 is 1.10 bits per heavy atom. The molecule has 1 heterocycles. The smallest absolute Gasteiger partial charge is 0.242 e. The van der Waals surface area contributed by atoms with Gasteiger partial charge >= 0.3 is 0 Å². The van der Waals surface area contributed by atoms with Crippen LogP contribution >= 0.6 is 11.6 Å². The molecule has 1 unspecified atom stereocenters. The van der Waals surface area contributed by atoms with Gasteiger partial charge in [0.2, 0.25) is 15.9 Å². The van der Waals surface area contributed by atoms with E-state index in [4.69, 9.17) is 16.3 Å². The summed E-state index contributed by atoms with van der Waals surface area (Å²) in [5, 5.41) is 3.33. The molecule has 0 radical (unpaired) electrons. The Hall–Kier alpha value is -2.29. The molecular formula is C21H26ClN3O4S. The Bertz CT molecular complexity index is 990. The minimum atomic E-state index is -3.86. The molecule has 1 aliphatic heterocycles. The minimum Gasteiger partial charge on any atom is -0.497 e. The molecule has 2 aromatic carbocycles. The lowest BCUT2D eigenvalue weighted by Gasteiger charge is -2.31. The van der Waals surface area contributed by atoms with Crippen LogP contribution in [-0.2, 0) is 14.8 Å². The zero-order chi connectivity index (χ0) is 21.7. The second kappa shape index (κ2) is 9.68. The molecule has 7 nitrogen and oxygen atoms in total. The molecule has 0 spiro atoms. The van der Waals surface area contributed by atoms with Gasteiger partial charge in [-0.15, -0.1) is 0 Å². The van der Waals surface area contributed by atoms with Crippen molar-refractivity contribution < 1.29 is 17.9 Å². The van der Waals surface area contributed by atoms with Gasteiger partial charge in [0.15, 0.2) is 0 Å². The first kappa shape index (κ1) is 22.4. The highest BCUT2D eigenvalue weighted by molar-refractivity contribution is 7.89. The van der Waals surface area contributed by atoms with Gasteiger partial charge in [-0.2, -0.15) is 4.72 Å². The summed E-state index contributed by atoms with van der Waals surface area (Å²) < 4.78 is 32.7. The van der Waals surface area contributed by atoms with E-state index in [-0.39, 0.29) is 4.90 Å². The number of ether oxygens (including phenoxy) is 1. The molecule has 0 bridgehead atoms. The SMILES string of the molecule is COc1ccc(S(=O)(=O)NC(C)C(=O)Nc2cc(Cl)ccc2N2CCCCC2)cc1. The number of piperidine rings is 1. The fourth-order valence-corrected chi connectivity index (χ4v) is 4.74. The summed E-state index contributed by atoms with van der Waals surface area (Å²) in [6.07, 6.45) is 3.37. The Morgan fingerprint density at radius 2 is 1.77 bits per heavy atom. The monoisotopic (exact) mass is 451 g/mol. The van der Waals surface area contributed by atoms with Crippen molar-refractivity contribution in [3.8, 4) is 5.75 Å². The second-order valence-electron chi connectivity index (χ2n) is 7.22. The maximum absolute atomic E-state index is 12.7. The second-order valence-corrected chi connectivity index (χ2v) is 9.37. The third-order valence-electron chi connectivity index (χ3n) is 5.01. The maximum Gasteiger partial charge on any atom is 0.242 e. The molecule has 3 rings (SSSR count). The first-order chi connectivity index (χ1) is 14.3. The number of hydrogen-bond acceptors (Lipinski definition) is 5. The number of benzene rings is 2. The summed E-state index contributed by atoms with van der Waals surface area (Å²) in [5.74, 6) is 0.0820. The van der Waals surface area contributed by atoms with Crippen LogP contribution in [-0.4, -0.2) is 40.6 Å².